The maximum atomic E-state index is 12.7. The topological polar surface area (TPSA) is 90.2 Å². The predicted octanol–water partition coefficient (Wildman–Crippen LogP) is 3.58. The Labute approximate surface area is 170 Å². The lowest BCUT2D eigenvalue weighted by Crippen LogP contribution is -2.36. The molecule has 1 aliphatic rings. The van der Waals surface area contributed by atoms with Crippen LogP contribution in [0, 0.1) is 0 Å². The molecule has 0 fully saturated rings. The average Bonchev–Trinajstić information content (AvgIpc) is 3.48. The molecule has 9 heteroatoms. The van der Waals surface area contributed by atoms with Crippen LogP contribution in [0.2, 0.25) is 5.02 Å². The van der Waals surface area contributed by atoms with Crippen molar-refractivity contribution in [1.29, 1.82) is 0 Å². The summed E-state index contributed by atoms with van der Waals surface area (Å²) in [6.07, 6.45) is 2.17. The number of rotatable bonds is 3. The van der Waals surface area contributed by atoms with Gasteiger partial charge in [-0.2, -0.15) is 5.10 Å². The number of furan rings is 1. The Bertz CT molecular complexity index is 1190. The first kappa shape index (κ1) is 17.7. The third-order valence-electron chi connectivity index (χ3n) is 4.99. The highest BCUT2D eigenvalue weighted by Gasteiger charge is 2.30. The number of benzene rings is 1. The third kappa shape index (κ3) is 3.01. The monoisotopic (exact) mass is 409 g/mol. The zero-order valence-electron chi connectivity index (χ0n) is 15.5. The van der Waals surface area contributed by atoms with Gasteiger partial charge < -0.3 is 13.7 Å². The highest BCUT2D eigenvalue weighted by molar-refractivity contribution is 6.33. The summed E-state index contributed by atoms with van der Waals surface area (Å²) >= 11 is 6.24. The molecule has 0 radical (unpaired) electrons. The lowest BCUT2D eigenvalue weighted by atomic mass is 10.0. The predicted molar refractivity (Wildman–Crippen MR) is 104 cm³/mol. The molecule has 0 saturated heterocycles. The smallest absolute Gasteiger partial charge is 0.289 e. The van der Waals surface area contributed by atoms with Crippen LogP contribution >= 0.6 is 11.6 Å². The number of nitrogens with zero attached hydrogens (tertiary/aromatic N) is 5. The molecule has 0 unspecified atom stereocenters. The first-order valence-electron chi connectivity index (χ1n) is 9.08. The number of halogens is 1. The van der Waals surface area contributed by atoms with Crippen LogP contribution < -0.4 is 0 Å². The lowest BCUT2D eigenvalue weighted by molar-refractivity contribution is 0.0701. The van der Waals surface area contributed by atoms with Gasteiger partial charge in [0.2, 0.25) is 5.89 Å². The molecule has 0 spiro atoms. The number of hydrogen-bond acceptors (Lipinski definition) is 6. The van der Waals surface area contributed by atoms with Crippen molar-refractivity contribution in [3.63, 3.8) is 0 Å². The third-order valence-corrected chi connectivity index (χ3v) is 5.32. The van der Waals surface area contributed by atoms with E-state index in [-0.39, 0.29) is 5.91 Å². The van der Waals surface area contributed by atoms with Crippen LogP contribution in [0.5, 0.6) is 0 Å². The molecule has 146 valence electrons. The first-order valence-corrected chi connectivity index (χ1v) is 9.46. The normalized spacial score (nSPS) is 13.5. The highest BCUT2D eigenvalue weighted by Crippen LogP contribution is 2.33. The molecule has 4 heterocycles. The number of carbonyl (C=O) groups is 1. The highest BCUT2D eigenvalue weighted by atomic mass is 35.5. The summed E-state index contributed by atoms with van der Waals surface area (Å²) in [6.45, 7) is 0.974. The van der Waals surface area contributed by atoms with Crippen molar-refractivity contribution in [3.8, 4) is 23.0 Å². The van der Waals surface area contributed by atoms with Gasteiger partial charge in [0.25, 0.3) is 11.8 Å². The fourth-order valence-electron chi connectivity index (χ4n) is 3.56. The van der Waals surface area contributed by atoms with Gasteiger partial charge in [0.05, 0.1) is 23.4 Å². The van der Waals surface area contributed by atoms with E-state index in [1.165, 1.54) is 6.26 Å². The second-order valence-electron chi connectivity index (χ2n) is 6.74. The van der Waals surface area contributed by atoms with Crippen LogP contribution in [0.15, 0.2) is 51.5 Å². The minimum absolute atomic E-state index is 0.155. The number of aryl methyl sites for hydroxylation is 1. The minimum Gasteiger partial charge on any atom is -0.459 e. The van der Waals surface area contributed by atoms with Crippen molar-refractivity contribution in [2.45, 2.75) is 13.0 Å². The second-order valence-corrected chi connectivity index (χ2v) is 7.15. The molecule has 0 N–H and O–H groups in total. The summed E-state index contributed by atoms with van der Waals surface area (Å²) in [4.78, 5) is 14.4. The SMILES string of the molecule is Cn1nc(-c2nnc(-c3ccccc3Cl)o2)c2c1CCN(C(=O)c1ccco1)C2. The van der Waals surface area contributed by atoms with Crippen molar-refractivity contribution < 1.29 is 13.6 Å². The molecule has 1 amide bonds. The van der Waals surface area contributed by atoms with Gasteiger partial charge in [-0.25, -0.2) is 0 Å². The van der Waals surface area contributed by atoms with Crippen molar-refractivity contribution in [3.05, 3.63) is 64.7 Å². The number of fused-ring (bicyclic) bond motifs is 1. The van der Waals surface area contributed by atoms with Crippen LogP contribution in [0.4, 0.5) is 0 Å². The van der Waals surface area contributed by atoms with Crippen LogP contribution in [-0.4, -0.2) is 37.3 Å². The summed E-state index contributed by atoms with van der Waals surface area (Å²) in [5.41, 5.74) is 3.17. The van der Waals surface area contributed by atoms with Crippen LogP contribution in [-0.2, 0) is 20.0 Å². The molecular weight excluding hydrogens is 394 g/mol. The van der Waals surface area contributed by atoms with Gasteiger partial charge in [-0.15, -0.1) is 10.2 Å². The van der Waals surface area contributed by atoms with Gasteiger partial charge in [-0.05, 0) is 24.3 Å². The standard InChI is InChI=1S/C20H16ClN5O3/c1-25-15-8-9-26(20(27)16-7-4-10-28-16)11-13(15)17(24-25)19-23-22-18(29-19)12-5-2-3-6-14(12)21/h2-7,10H,8-9,11H2,1H3. The van der Waals surface area contributed by atoms with E-state index < -0.39 is 0 Å². The zero-order valence-corrected chi connectivity index (χ0v) is 16.3. The van der Waals surface area contributed by atoms with E-state index in [1.54, 1.807) is 27.8 Å². The average molecular weight is 410 g/mol. The summed E-state index contributed by atoms with van der Waals surface area (Å²) in [6, 6.07) is 10.6. The quantitative estimate of drug-likeness (QED) is 0.513. The number of hydrogen-bond donors (Lipinski definition) is 0. The van der Waals surface area contributed by atoms with E-state index in [9.17, 15) is 4.79 Å². The fourth-order valence-corrected chi connectivity index (χ4v) is 3.77. The molecule has 4 aromatic rings. The Morgan fingerprint density at radius 2 is 1.97 bits per heavy atom. The number of aromatic nitrogens is 4. The Morgan fingerprint density at radius 1 is 1.14 bits per heavy atom. The molecule has 3 aromatic heterocycles. The number of carbonyl (C=O) groups excluding carboxylic acids is 1. The minimum atomic E-state index is -0.155. The summed E-state index contributed by atoms with van der Waals surface area (Å²) in [7, 11) is 1.87. The van der Waals surface area contributed by atoms with E-state index in [4.69, 9.17) is 20.4 Å². The van der Waals surface area contributed by atoms with Gasteiger partial charge in [0.1, 0.15) is 0 Å². The lowest BCUT2D eigenvalue weighted by Gasteiger charge is -2.26. The largest absolute Gasteiger partial charge is 0.459 e. The molecular formula is C20H16ClN5O3. The maximum Gasteiger partial charge on any atom is 0.289 e. The Kier molecular flexibility index (Phi) is 4.21. The summed E-state index contributed by atoms with van der Waals surface area (Å²) in [5.74, 6) is 0.781. The molecule has 29 heavy (non-hydrogen) atoms. The van der Waals surface area contributed by atoms with E-state index in [0.29, 0.717) is 53.3 Å². The first-order chi connectivity index (χ1) is 14.1. The molecule has 0 aliphatic carbocycles. The summed E-state index contributed by atoms with van der Waals surface area (Å²) < 4.78 is 12.9. The van der Waals surface area contributed by atoms with Crippen LogP contribution in [0.3, 0.4) is 0 Å². The van der Waals surface area contributed by atoms with Crippen LogP contribution in [0.1, 0.15) is 21.8 Å². The Balaban J connectivity index is 1.49. The van der Waals surface area contributed by atoms with E-state index in [2.05, 4.69) is 15.3 Å². The van der Waals surface area contributed by atoms with E-state index in [0.717, 1.165) is 11.3 Å². The van der Waals surface area contributed by atoms with Crippen molar-refractivity contribution >= 4 is 17.5 Å². The maximum absolute atomic E-state index is 12.7. The van der Waals surface area contributed by atoms with Crippen molar-refractivity contribution in [1.82, 2.24) is 24.9 Å². The fraction of sp³-hybridized carbons (Fsp3) is 0.200. The van der Waals surface area contributed by atoms with Crippen molar-refractivity contribution in [2.75, 3.05) is 6.54 Å². The summed E-state index contributed by atoms with van der Waals surface area (Å²) in [5, 5.41) is 13.4. The zero-order chi connectivity index (χ0) is 20.0. The molecule has 1 aromatic carbocycles. The van der Waals surface area contributed by atoms with E-state index in [1.807, 2.05) is 25.2 Å². The number of amides is 1. The molecule has 1 aliphatic heterocycles. The van der Waals surface area contributed by atoms with Gasteiger partial charge >= 0.3 is 0 Å². The second kappa shape index (κ2) is 6.89. The van der Waals surface area contributed by atoms with Gasteiger partial charge in [0, 0.05) is 31.3 Å². The molecule has 5 rings (SSSR count). The van der Waals surface area contributed by atoms with Crippen molar-refractivity contribution in [2.24, 2.45) is 7.05 Å². The van der Waals surface area contributed by atoms with E-state index >= 15 is 0 Å². The molecule has 8 nitrogen and oxygen atoms in total. The molecule has 0 bridgehead atoms. The van der Waals surface area contributed by atoms with Gasteiger partial charge in [-0.1, -0.05) is 23.7 Å². The van der Waals surface area contributed by atoms with Gasteiger partial charge in [0.15, 0.2) is 11.5 Å². The van der Waals surface area contributed by atoms with Gasteiger partial charge in [-0.3, -0.25) is 9.48 Å². The Morgan fingerprint density at radius 3 is 2.76 bits per heavy atom. The Hall–Kier alpha value is -3.39. The molecule has 0 atom stereocenters. The molecule has 0 saturated carbocycles. The van der Waals surface area contributed by atoms with Crippen LogP contribution in [0.25, 0.3) is 23.0 Å².